The zero-order chi connectivity index (χ0) is 18.8. The van der Waals surface area contributed by atoms with E-state index in [0.29, 0.717) is 18.0 Å². The molecule has 0 bridgehead atoms. The Morgan fingerprint density at radius 3 is 2.48 bits per heavy atom. The van der Waals surface area contributed by atoms with Gasteiger partial charge in [0.05, 0.1) is 14.2 Å². The number of hydrogen-bond donors (Lipinski definition) is 0. The van der Waals surface area contributed by atoms with Gasteiger partial charge < -0.3 is 14.2 Å². The molecule has 1 fully saturated rings. The van der Waals surface area contributed by atoms with E-state index in [1.54, 1.807) is 25.2 Å². The molecule has 140 valence electrons. The van der Waals surface area contributed by atoms with Gasteiger partial charge in [-0.1, -0.05) is 61.1 Å². The summed E-state index contributed by atoms with van der Waals surface area (Å²) in [5, 5.41) is 0. The normalized spacial score (nSPS) is 22.6. The minimum Gasteiger partial charge on any atom is -0.497 e. The van der Waals surface area contributed by atoms with Crippen LogP contribution >= 0.6 is 34.8 Å². The maximum atomic E-state index is 12.4. The number of esters is 1. The molecule has 25 heavy (non-hydrogen) atoms. The second-order valence-electron chi connectivity index (χ2n) is 6.01. The number of ether oxygens (including phenoxy) is 3. The molecule has 1 heterocycles. The lowest BCUT2D eigenvalue weighted by Crippen LogP contribution is -2.46. The van der Waals surface area contributed by atoms with Gasteiger partial charge in [0.1, 0.15) is 17.5 Å². The number of rotatable bonds is 6. The first kappa shape index (κ1) is 20.4. The van der Waals surface area contributed by atoms with Gasteiger partial charge >= 0.3 is 5.97 Å². The number of methoxy groups -OCH3 is 2. The minimum absolute atomic E-state index is 0.0501. The van der Waals surface area contributed by atoms with Crippen molar-refractivity contribution in [1.29, 1.82) is 0 Å². The van der Waals surface area contributed by atoms with Gasteiger partial charge in [-0.05, 0) is 12.0 Å². The summed E-state index contributed by atoms with van der Waals surface area (Å²) in [7, 11) is 3.15. The van der Waals surface area contributed by atoms with Crippen molar-refractivity contribution in [3.05, 3.63) is 23.8 Å². The van der Waals surface area contributed by atoms with Crippen LogP contribution in [0.1, 0.15) is 25.8 Å². The van der Waals surface area contributed by atoms with E-state index in [-0.39, 0.29) is 11.9 Å². The Balaban J connectivity index is 2.39. The van der Waals surface area contributed by atoms with Crippen molar-refractivity contribution in [2.24, 2.45) is 5.92 Å². The quantitative estimate of drug-likeness (QED) is 0.520. The van der Waals surface area contributed by atoms with Crippen molar-refractivity contribution in [1.82, 2.24) is 4.90 Å². The van der Waals surface area contributed by atoms with Crippen LogP contribution in [0.5, 0.6) is 11.5 Å². The zero-order valence-electron chi connectivity index (χ0n) is 14.6. The van der Waals surface area contributed by atoms with Gasteiger partial charge in [0.2, 0.25) is 10.0 Å². The second kappa shape index (κ2) is 8.21. The lowest BCUT2D eigenvalue weighted by atomic mass is 9.97. The Morgan fingerprint density at radius 2 is 1.96 bits per heavy atom. The monoisotopic (exact) mass is 409 g/mol. The smallest absolute Gasteiger partial charge is 0.325 e. The summed E-state index contributed by atoms with van der Waals surface area (Å²) in [5.41, 5.74) is 0.842. The van der Waals surface area contributed by atoms with Crippen molar-refractivity contribution >= 4 is 40.8 Å². The average Bonchev–Trinajstić information content (AvgIpc) is 2.91. The summed E-state index contributed by atoms with van der Waals surface area (Å²) >= 11 is 18.2. The van der Waals surface area contributed by atoms with E-state index in [9.17, 15) is 4.79 Å². The SMILES string of the molecule is CC[C@@H](C)[C@H]1C(=O)O[C@H](C(Cl)(Cl)Cl)N1Cc1ccc(OC)cc1OC. The molecule has 0 saturated carbocycles. The van der Waals surface area contributed by atoms with E-state index < -0.39 is 16.1 Å². The van der Waals surface area contributed by atoms with Crippen LogP contribution in [0, 0.1) is 5.92 Å². The van der Waals surface area contributed by atoms with Crippen molar-refractivity contribution in [3.8, 4) is 11.5 Å². The van der Waals surface area contributed by atoms with Crippen LogP contribution in [-0.2, 0) is 16.1 Å². The number of cyclic esters (lactones) is 1. The van der Waals surface area contributed by atoms with Crippen LogP contribution in [0.25, 0.3) is 0 Å². The highest BCUT2D eigenvalue weighted by Gasteiger charge is 2.52. The first-order valence-corrected chi connectivity index (χ1v) is 9.10. The fourth-order valence-electron chi connectivity index (χ4n) is 2.93. The molecule has 8 heteroatoms. The molecular weight excluding hydrogens is 389 g/mol. The summed E-state index contributed by atoms with van der Waals surface area (Å²) < 4.78 is 14.3. The third kappa shape index (κ3) is 4.45. The Labute approximate surface area is 163 Å². The Hall–Kier alpha value is -0.880. The summed E-state index contributed by atoms with van der Waals surface area (Å²) in [6.07, 6.45) is -0.168. The first-order chi connectivity index (χ1) is 11.7. The summed E-state index contributed by atoms with van der Waals surface area (Å²) in [6, 6.07) is 4.97. The van der Waals surface area contributed by atoms with E-state index in [0.717, 1.165) is 12.0 Å². The molecule has 0 radical (unpaired) electrons. The molecule has 1 aromatic carbocycles. The van der Waals surface area contributed by atoms with Crippen LogP contribution in [0.4, 0.5) is 0 Å². The maximum absolute atomic E-state index is 12.4. The van der Waals surface area contributed by atoms with E-state index in [1.165, 1.54) is 0 Å². The standard InChI is InChI=1S/C17H22Cl3NO4/c1-5-10(2)14-15(22)25-16(17(18,19)20)21(14)9-11-6-7-12(23-3)8-13(11)24-4/h6-8,10,14,16H,5,9H2,1-4H3/t10-,14+,16-/m1/s1. The Kier molecular flexibility index (Phi) is 6.71. The van der Waals surface area contributed by atoms with Crippen LogP contribution in [0.2, 0.25) is 0 Å². The number of carbonyl (C=O) groups is 1. The van der Waals surface area contributed by atoms with Crippen molar-refractivity contribution < 1.29 is 19.0 Å². The summed E-state index contributed by atoms with van der Waals surface area (Å²) in [4.78, 5) is 14.2. The molecule has 1 aliphatic heterocycles. The molecule has 0 spiro atoms. The molecule has 1 aliphatic rings. The highest BCUT2D eigenvalue weighted by Crippen LogP contribution is 2.42. The second-order valence-corrected chi connectivity index (χ2v) is 8.38. The predicted molar refractivity (Wildman–Crippen MR) is 98.5 cm³/mol. The van der Waals surface area contributed by atoms with Crippen LogP contribution in [0.15, 0.2) is 18.2 Å². The van der Waals surface area contributed by atoms with E-state index in [1.807, 2.05) is 26.0 Å². The molecule has 0 aliphatic carbocycles. The Morgan fingerprint density at radius 1 is 1.28 bits per heavy atom. The van der Waals surface area contributed by atoms with E-state index in [2.05, 4.69) is 0 Å². The molecule has 0 N–H and O–H groups in total. The van der Waals surface area contributed by atoms with Gasteiger partial charge in [0, 0.05) is 18.2 Å². The summed E-state index contributed by atoms with van der Waals surface area (Å²) in [6.45, 7) is 4.32. The number of nitrogens with zero attached hydrogens (tertiary/aromatic N) is 1. The highest BCUT2D eigenvalue weighted by atomic mass is 35.6. The van der Waals surface area contributed by atoms with Crippen molar-refractivity contribution in [2.75, 3.05) is 14.2 Å². The van der Waals surface area contributed by atoms with Gasteiger partial charge in [-0.25, -0.2) is 4.90 Å². The molecule has 1 aromatic rings. The maximum Gasteiger partial charge on any atom is 0.325 e. The lowest BCUT2D eigenvalue weighted by molar-refractivity contribution is -0.143. The third-order valence-corrected chi connectivity index (χ3v) is 5.00. The molecule has 1 saturated heterocycles. The molecule has 2 rings (SSSR count). The van der Waals surface area contributed by atoms with Crippen molar-refractivity contribution in [3.63, 3.8) is 0 Å². The van der Waals surface area contributed by atoms with Crippen molar-refractivity contribution in [2.45, 2.75) is 42.9 Å². The van der Waals surface area contributed by atoms with Gasteiger partial charge in [0.15, 0.2) is 0 Å². The predicted octanol–water partition coefficient (Wildman–Crippen LogP) is 4.17. The van der Waals surface area contributed by atoms with Crippen LogP contribution in [-0.4, -0.2) is 41.2 Å². The number of hydrogen-bond acceptors (Lipinski definition) is 5. The molecule has 0 unspecified atom stereocenters. The number of carbonyl (C=O) groups excluding carboxylic acids is 1. The summed E-state index contributed by atoms with van der Waals surface area (Å²) in [5.74, 6) is 0.975. The molecule has 3 atom stereocenters. The highest BCUT2D eigenvalue weighted by molar-refractivity contribution is 6.68. The molecular formula is C17H22Cl3NO4. The van der Waals surface area contributed by atoms with Gasteiger partial charge in [-0.15, -0.1) is 0 Å². The number of alkyl halides is 3. The number of benzene rings is 1. The van der Waals surface area contributed by atoms with E-state index >= 15 is 0 Å². The van der Waals surface area contributed by atoms with Gasteiger partial charge in [0.25, 0.3) is 0 Å². The zero-order valence-corrected chi connectivity index (χ0v) is 16.9. The minimum atomic E-state index is -1.75. The van der Waals surface area contributed by atoms with Gasteiger partial charge in [-0.3, -0.25) is 4.79 Å². The number of halogens is 3. The first-order valence-electron chi connectivity index (χ1n) is 7.96. The topological polar surface area (TPSA) is 48.0 Å². The fraction of sp³-hybridized carbons (Fsp3) is 0.588. The average molecular weight is 411 g/mol. The Bertz CT molecular complexity index is 620. The fourth-order valence-corrected chi connectivity index (χ4v) is 3.44. The lowest BCUT2D eigenvalue weighted by Gasteiger charge is -2.32. The molecule has 0 amide bonds. The van der Waals surface area contributed by atoms with E-state index in [4.69, 9.17) is 49.0 Å². The third-order valence-electron chi connectivity index (χ3n) is 4.44. The largest absolute Gasteiger partial charge is 0.497 e. The molecule has 0 aromatic heterocycles. The molecule has 5 nitrogen and oxygen atoms in total. The van der Waals surface area contributed by atoms with Crippen LogP contribution < -0.4 is 9.47 Å². The van der Waals surface area contributed by atoms with Gasteiger partial charge in [-0.2, -0.15) is 0 Å². The van der Waals surface area contributed by atoms with Crippen LogP contribution in [0.3, 0.4) is 0 Å².